The number of pyridine rings is 1. The molecule has 1 heterocycles. The molecule has 1 atom stereocenters. The van der Waals surface area contributed by atoms with E-state index in [1.165, 1.54) is 0 Å². The molecule has 13 heavy (non-hydrogen) atoms. The Balaban J connectivity index is 2.58. The summed E-state index contributed by atoms with van der Waals surface area (Å²) < 4.78 is 0. The monoisotopic (exact) mass is 178 g/mol. The van der Waals surface area contributed by atoms with Crippen LogP contribution in [0.25, 0.3) is 0 Å². The van der Waals surface area contributed by atoms with E-state index in [9.17, 15) is 4.79 Å². The Bertz CT molecular complexity index is 381. The fourth-order valence-corrected chi connectivity index (χ4v) is 1.89. The maximum atomic E-state index is 11.3. The van der Waals surface area contributed by atoms with Crippen molar-refractivity contribution < 1.29 is 0 Å². The molecule has 0 radical (unpaired) electrons. The largest absolute Gasteiger partial charge is 0.326 e. The second-order valence-corrected chi connectivity index (χ2v) is 3.71. The minimum Gasteiger partial charge on any atom is -0.326 e. The molecule has 0 saturated carbocycles. The second-order valence-electron chi connectivity index (χ2n) is 3.71. The lowest BCUT2D eigenvalue weighted by atomic mass is 9.91. The van der Waals surface area contributed by atoms with Gasteiger partial charge in [0, 0.05) is 17.3 Å². The van der Waals surface area contributed by atoms with Crippen LogP contribution in [0.5, 0.6) is 0 Å². The number of aromatic nitrogens is 1. The summed E-state index contributed by atoms with van der Waals surface area (Å²) in [5.74, 6) is 0. The zero-order valence-corrected chi connectivity index (χ0v) is 7.76. The van der Waals surface area contributed by atoms with E-state index in [4.69, 9.17) is 5.73 Å². The van der Waals surface area contributed by atoms with Crippen LogP contribution in [-0.4, -0.2) is 4.98 Å². The van der Waals surface area contributed by atoms with Crippen LogP contribution in [0.1, 0.15) is 35.7 Å². The standard InChI is InChI=1S/C10H14N2O/c1-6-5-7-8(11)3-2-4-9(7)12-10(6)13/h5,8H,2-4,11H2,1H3,(H,12,13)/t8-/m0/s1. The fourth-order valence-electron chi connectivity index (χ4n) is 1.89. The van der Waals surface area contributed by atoms with Gasteiger partial charge >= 0.3 is 0 Å². The third-order valence-corrected chi connectivity index (χ3v) is 2.68. The van der Waals surface area contributed by atoms with Crippen LogP contribution in [-0.2, 0) is 6.42 Å². The van der Waals surface area contributed by atoms with Crippen molar-refractivity contribution in [2.24, 2.45) is 5.73 Å². The van der Waals surface area contributed by atoms with Gasteiger partial charge in [-0.25, -0.2) is 0 Å². The Morgan fingerprint density at radius 1 is 1.62 bits per heavy atom. The molecule has 0 unspecified atom stereocenters. The number of nitrogens with two attached hydrogens (primary N) is 1. The van der Waals surface area contributed by atoms with Gasteiger partial charge in [-0.3, -0.25) is 4.79 Å². The summed E-state index contributed by atoms with van der Waals surface area (Å²) in [6.07, 6.45) is 3.06. The topological polar surface area (TPSA) is 58.9 Å². The number of aryl methyl sites for hydroxylation is 2. The first kappa shape index (κ1) is 8.51. The Hall–Kier alpha value is -1.09. The number of H-pyrrole nitrogens is 1. The molecule has 3 nitrogen and oxygen atoms in total. The van der Waals surface area contributed by atoms with E-state index >= 15 is 0 Å². The molecule has 0 bridgehead atoms. The summed E-state index contributed by atoms with van der Waals surface area (Å²) in [6.45, 7) is 1.82. The first-order valence-electron chi connectivity index (χ1n) is 4.67. The van der Waals surface area contributed by atoms with E-state index in [0.717, 1.165) is 36.1 Å². The molecule has 70 valence electrons. The van der Waals surface area contributed by atoms with Crippen molar-refractivity contribution in [2.45, 2.75) is 32.2 Å². The number of rotatable bonds is 0. The van der Waals surface area contributed by atoms with Crippen molar-refractivity contribution in [2.75, 3.05) is 0 Å². The lowest BCUT2D eigenvalue weighted by molar-refractivity contribution is 0.558. The number of aromatic amines is 1. The molecular weight excluding hydrogens is 164 g/mol. The Morgan fingerprint density at radius 2 is 2.38 bits per heavy atom. The van der Waals surface area contributed by atoms with Gasteiger partial charge < -0.3 is 10.7 Å². The van der Waals surface area contributed by atoms with E-state index < -0.39 is 0 Å². The van der Waals surface area contributed by atoms with Crippen LogP contribution in [0.4, 0.5) is 0 Å². The molecule has 1 aliphatic rings. The quantitative estimate of drug-likeness (QED) is 0.623. The summed E-state index contributed by atoms with van der Waals surface area (Å²) in [6, 6.07) is 2.04. The minimum absolute atomic E-state index is 0.0212. The molecule has 0 aromatic carbocycles. The summed E-state index contributed by atoms with van der Waals surface area (Å²) >= 11 is 0. The van der Waals surface area contributed by atoms with Crippen molar-refractivity contribution >= 4 is 0 Å². The molecule has 1 aromatic rings. The van der Waals surface area contributed by atoms with Crippen LogP contribution in [0, 0.1) is 6.92 Å². The van der Waals surface area contributed by atoms with E-state index in [2.05, 4.69) is 4.98 Å². The molecule has 0 aliphatic heterocycles. The highest BCUT2D eigenvalue weighted by Gasteiger charge is 2.17. The molecule has 2 rings (SSSR count). The number of hydrogen-bond donors (Lipinski definition) is 2. The van der Waals surface area contributed by atoms with E-state index in [-0.39, 0.29) is 11.6 Å². The highest BCUT2D eigenvalue weighted by molar-refractivity contribution is 5.29. The number of hydrogen-bond acceptors (Lipinski definition) is 2. The molecule has 3 N–H and O–H groups in total. The zero-order valence-electron chi connectivity index (χ0n) is 7.76. The first-order chi connectivity index (χ1) is 6.18. The smallest absolute Gasteiger partial charge is 0.251 e. The van der Waals surface area contributed by atoms with Gasteiger partial charge in [-0.2, -0.15) is 0 Å². The predicted molar refractivity (Wildman–Crippen MR) is 51.7 cm³/mol. The average Bonchev–Trinajstić information content (AvgIpc) is 2.09. The minimum atomic E-state index is 0.0212. The lowest BCUT2D eigenvalue weighted by Crippen LogP contribution is -2.23. The van der Waals surface area contributed by atoms with Crippen molar-refractivity contribution in [1.29, 1.82) is 0 Å². The SMILES string of the molecule is Cc1cc2c([nH]c1=O)CCC[C@@H]2N. The Kier molecular flexibility index (Phi) is 1.96. The highest BCUT2D eigenvalue weighted by atomic mass is 16.1. The van der Waals surface area contributed by atoms with Gasteiger partial charge in [-0.15, -0.1) is 0 Å². The maximum absolute atomic E-state index is 11.3. The third kappa shape index (κ3) is 1.40. The predicted octanol–water partition coefficient (Wildman–Crippen LogP) is 1.02. The summed E-state index contributed by atoms with van der Waals surface area (Å²) in [4.78, 5) is 14.2. The van der Waals surface area contributed by atoms with Gasteiger partial charge in [-0.1, -0.05) is 0 Å². The maximum Gasteiger partial charge on any atom is 0.251 e. The normalized spacial score (nSPS) is 21.2. The summed E-state index contributed by atoms with van der Waals surface area (Å²) in [5.41, 5.74) is 8.89. The lowest BCUT2D eigenvalue weighted by Gasteiger charge is -2.21. The van der Waals surface area contributed by atoms with Gasteiger partial charge in [0.15, 0.2) is 0 Å². The van der Waals surface area contributed by atoms with E-state index in [1.54, 1.807) is 0 Å². The van der Waals surface area contributed by atoms with Crippen LogP contribution >= 0.6 is 0 Å². The highest BCUT2D eigenvalue weighted by Crippen LogP contribution is 2.25. The van der Waals surface area contributed by atoms with Crippen LogP contribution in [0.2, 0.25) is 0 Å². The molecular formula is C10H14N2O. The Labute approximate surface area is 77.0 Å². The van der Waals surface area contributed by atoms with Crippen LogP contribution in [0.15, 0.2) is 10.9 Å². The van der Waals surface area contributed by atoms with Gasteiger partial charge in [0.05, 0.1) is 0 Å². The average molecular weight is 178 g/mol. The second kappa shape index (κ2) is 3.00. The first-order valence-corrected chi connectivity index (χ1v) is 4.67. The summed E-state index contributed by atoms with van der Waals surface area (Å²) in [5, 5.41) is 0. The molecule has 0 spiro atoms. The van der Waals surface area contributed by atoms with Crippen LogP contribution in [0.3, 0.4) is 0 Å². The van der Waals surface area contributed by atoms with Gasteiger partial charge in [0.2, 0.25) is 0 Å². The van der Waals surface area contributed by atoms with Gasteiger partial charge in [-0.05, 0) is 37.8 Å². The summed E-state index contributed by atoms with van der Waals surface area (Å²) in [7, 11) is 0. The van der Waals surface area contributed by atoms with Crippen LogP contribution < -0.4 is 11.3 Å². The molecule has 1 aliphatic carbocycles. The third-order valence-electron chi connectivity index (χ3n) is 2.68. The fraction of sp³-hybridized carbons (Fsp3) is 0.500. The molecule has 0 saturated heterocycles. The van der Waals surface area contributed by atoms with Crippen molar-refractivity contribution in [1.82, 2.24) is 4.98 Å². The van der Waals surface area contributed by atoms with Gasteiger partial charge in [0.25, 0.3) is 5.56 Å². The Morgan fingerprint density at radius 3 is 3.15 bits per heavy atom. The molecule has 0 fully saturated rings. The zero-order chi connectivity index (χ0) is 9.42. The van der Waals surface area contributed by atoms with E-state index in [1.807, 2.05) is 13.0 Å². The molecule has 1 aromatic heterocycles. The van der Waals surface area contributed by atoms with Crippen molar-refractivity contribution in [3.63, 3.8) is 0 Å². The molecule has 3 heteroatoms. The van der Waals surface area contributed by atoms with Gasteiger partial charge in [0.1, 0.15) is 0 Å². The number of fused-ring (bicyclic) bond motifs is 1. The van der Waals surface area contributed by atoms with Crippen molar-refractivity contribution in [3.05, 3.63) is 33.2 Å². The van der Waals surface area contributed by atoms with Crippen molar-refractivity contribution in [3.8, 4) is 0 Å². The number of nitrogens with one attached hydrogen (secondary N) is 1. The molecule has 0 amide bonds. The van der Waals surface area contributed by atoms with E-state index in [0.29, 0.717) is 0 Å².